The lowest BCUT2D eigenvalue weighted by molar-refractivity contribution is 0.0607. The van der Waals surface area contributed by atoms with Crippen molar-refractivity contribution in [3.05, 3.63) is 58.6 Å². The van der Waals surface area contributed by atoms with Crippen molar-refractivity contribution in [1.29, 1.82) is 0 Å². The first-order valence-corrected chi connectivity index (χ1v) is 11.0. The van der Waals surface area contributed by atoms with Gasteiger partial charge in [-0.05, 0) is 50.6 Å². The number of aromatic nitrogens is 1. The number of pyridine rings is 1. The lowest BCUT2D eigenvalue weighted by Crippen LogP contribution is -2.36. The maximum absolute atomic E-state index is 12.7. The Kier molecular flexibility index (Phi) is 6.11. The third-order valence-corrected chi connectivity index (χ3v) is 6.64. The number of methoxy groups -OCH3 is 1. The summed E-state index contributed by atoms with van der Waals surface area (Å²) in [6.45, 7) is 4.13. The van der Waals surface area contributed by atoms with Gasteiger partial charge in [-0.15, -0.1) is 11.3 Å². The van der Waals surface area contributed by atoms with Gasteiger partial charge in [-0.1, -0.05) is 24.6 Å². The molecule has 0 spiro atoms. The number of carbonyl (C=O) groups is 2. The number of amides is 1. The summed E-state index contributed by atoms with van der Waals surface area (Å²) in [5.74, 6) is -0.751. The minimum atomic E-state index is -0.479. The van der Waals surface area contributed by atoms with Crippen molar-refractivity contribution < 1.29 is 14.3 Å². The SMILES string of the molecule is COC(=O)c1sc2nc(CN3CCCC[C@H]3C)ccc2c1NC(=O)c1ccccc1. The molecule has 1 fully saturated rings. The molecule has 1 saturated heterocycles. The van der Waals surface area contributed by atoms with Gasteiger partial charge in [-0.25, -0.2) is 9.78 Å². The Bertz CT molecular complexity index is 1060. The standard InChI is InChI=1S/C23H25N3O3S/c1-15-8-6-7-13-26(15)14-17-11-12-18-19(20(23(28)29-2)30-22(18)24-17)25-21(27)16-9-4-3-5-10-16/h3-5,9-12,15H,6-8,13-14H2,1-2H3,(H,25,27)/t15-/m1/s1. The molecule has 1 N–H and O–H groups in total. The summed E-state index contributed by atoms with van der Waals surface area (Å²) in [4.78, 5) is 33.4. The Morgan fingerprint density at radius 1 is 1.20 bits per heavy atom. The number of hydrogen-bond acceptors (Lipinski definition) is 6. The quantitative estimate of drug-likeness (QED) is 0.602. The monoisotopic (exact) mass is 423 g/mol. The number of hydrogen-bond donors (Lipinski definition) is 1. The summed E-state index contributed by atoms with van der Waals surface area (Å²) in [7, 11) is 1.34. The Morgan fingerprint density at radius 2 is 2.00 bits per heavy atom. The van der Waals surface area contributed by atoms with Gasteiger partial charge < -0.3 is 10.1 Å². The summed E-state index contributed by atoms with van der Waals surface area (Å²) < 4.78 is 4.94. The molecule has 0 aliphatic carbocycles. The second kappa shape index (κ2) is 8.93. The minimum Gasteiger partial charge on any atom is -0.465 e. The average Bonchev–Trinajstić information content (AvgIpc) is 3.13. The first-order chi connectivity index (χ1) is 14.6. The molecule has 1 atom stereocenters. The Labute approximate surface area is 179 Å². The minimum absolute atomic E-state index is 0.272. The fourth-order valence-electron chi connectivity index (χ4n) is 3.84. The van der Waals surface area contributed by atoms with Crippen molar-refractivity contribution in [3.8, 4) is 0 Å². The van der Waals surface area contributed by atoms with Gasteiger partial charge in [0.25, 0.3) is 5.91 Å². The van der Waals surface area contributed by atoms with Crippen LogP contribution in [-0.2, 0) is 11.3 Å². The van der Waals surface area contributed by atoms with E-state index < -0.39 is 5.97 Å². The molecule has 30 heavy (non-hydrogen) atoms. The van der Waals surface area contributed by atoms with Crippen molar-refractivity contribution >= 4 is 39.1 Å². The number of carbonyl (C=O) groups excluding carboxylic acids is 2. The van der Waals surface area contributed by atoms with Gasteiger partial charge in [0.15, 0.2) is 0 Å². The number of anilines is 1. The molecule has 7 heteroatoms. The van der Waals surface area contributed by atoms with Gasteiger partial charge in [-0.3, -0.25) is 9.69 Å². The van der Waals surface area contributed by atoms with Crippen molar-refractivity contribution in [2.45, 2.75) is 38.8 Å². The molecule has 1 aliphatic heterocycles. The van der Waals surface area contributed by atoms with Crippen LogP contribution in [0.15, 0.2) is 42.5 Å². The van der Waals surface area contributed by atoms with Crippen LogP contribution in [0.3, 0.4) is 0 Å². The lowest BCUT2D eigenvalue weighted by Gasteiger charge is -2.32. The molecule has 0 unspecified atom stereocenters. The third-order valence-electron chi connectivity index (χ3n) is 5.56. The van der Waals surface area contributed by atoms with Crippen LogP contribution in [0.5, 0.6) is 0 Å². The molecule has 1 aromatic carbocycles. The molecule has 0 bridgehead atoms. The number of benzene rings is 1. The van der Waals surface area contributed by atoms with E-state index in [9.17, 15) is 9.59 Å². The topological polar surface area (TPSA) is 71.5 Å². The number of likely N-dealkylation sites (tertiary alicyclic amines) is 1. The third kappa shape index (κ3) is 4.22. The number of ether oxygens (including phenoxy) is 1. The predicted molar refractivity (Wildman–Crippen MR) is 119 cm³/mol. The van der Waals surface area contributed by atoms with Crippen molar-refractivity contribution in [1.82, 2.24) is 9.88 Å². The smallest absolute Gasteiger partial charge is 0.350 e. The number of nitrogens with zero attached hydrogens (tertiary/aromatic N) is 2. The Morgan fingerprint density at radius 3 is 2.73 bits per heavy atom. The summed E-state index contributed by atoms with van der Waals surface area (Å²) in [6, 6.07) is 13.4. The van der Waals surface area contributed by atoms with Crippen LogP contribution in [-0.4, -0.2) is 41.5 Å². The molecular formula is C23H25N3O3S. The van der Waals surface area contributed by atoms with Gasteiger partial charge in [0.1, 0.15) is 9.71 Å². The molecule has 3 heterocycles. The van der Waals surface area contributed by atoms with E-state index in [1.54, 1.807) is 24.3 Å². The van der Waals surface area contributed by atoms with Gasteiger partial charge in [0, 0.05) is 23.5 Å². The van der Waals surface area contributed by atoms with Crippen LogP contribution in [0.1, 0.15) is 51.9 Å². The summed E-state index contributed by atoms with van der Waals surface area (Å²) >= 11 is 1.25. The zero-order valence-corrected chi connectivity index (χ0v) is 18.0. The summed E-state index contributed by atoms with van der Waals surface area (Å²) in [5, 5.41) is 3.64. The number of esters is 1. The van der Waals surface area contributed by atoms with E-state index >= 15 is 0 Å². The lowest BCUT2D eigenvalue weighted by atomic mass is 10.0. The molecule has 1 amide bonds. The molecule has 0 saturated carbocycles. The zero-order chi connectivity index (χ0) is 21.1. The second-order valence-electron chi connectivity index (χ2n) is 7.59. The molecule has 1 aliphatic rings. The highest BCUT2D eigenvalue weighted by atomic mass is 32.1. The number of rotatable bonds is 5. The molecule has 2 aromatic heterocycles. The van der Waals surface area contributed by atoms with E-state index in [4.69, 9.17) is 9.72 Å². The van der Waals surface area contributed by atoms with Crippen LogP contribution >= 0.6 is 11.3 Å². The average molecular weight is 424 g/mol. The maximum Gasteiger partial charge on any atom is 0.350 e. The Hall–Kier alpha value is -2.77. The van der Waals surface area contributed by atoms with Crippen molar-refractivity contribution in [2.24, 2.45) is 0 Å². The molecular weight excluding hydrogens is 398 g/mol. The van der Waals surface area contributed by atoms with E-state index in [0.717, 1.165) is 29.0 Å². The number of thiophene rings is 1. The zero-order valence-electron chi connectivity index (χ0n) is 17.2. The van der Waals surface area contributed by atoms with E-state index in [1.165, 1.54) is 37.7 Å². The second-order valence-corrected chi connectivity index (χ2v) is 8.59. The van der Waals surface area contributed by atoms with Crippen LogP contribution in [0.25, 0.3) is 10.2 Å². The normalized spacial score (nSPS) is 17.1. The van der Waals surface area contributed by atoms with Crippen LogP contribution in [0.2, 0.25) is 0 Å². The van der Waals surface area contributed by atoms with Gasteiger partial charge >= 0.3 is 5.97 Å². The van der Waals surface area contributed by atoms with Crippen LogP contribution in [0, 0.1) is 0 Å². The first-order valence-electron chi connectivity index (χ1n) is 10.2. The van der Waals surface area contributed by atoms with Gasteiger partial charge in [-0.2, -0.15) is 0 Å². The highest BCUT2D eigenvalue weighted by Gasteiger charge is 2.23. The number of nitrogens with one attached hydrogen (secondary N) is 1. The Balaban J connectivity index is 1.66. The van der Waals surface area contributed by atoms with Gasteiger partial charge in [0.05, 0.1) is 18.5 Å². The highest BCUT2D eigenvalue weighted by Crippen LogP contribution is 2.36. The molecule has 4 rings (SSSR count). The summed E-state index contributed by atoms with van der Waals surface area (Å²) in [5.41, 5.74) is 1.95. The number of piperidine rings is 1. The van der Waals surface area contributed by atoms with Crippen molar-refractivity contribution in [2.75, 3.05) is 19.0 Å². The fourth-order valence-corrected chi connectivity index (χ4v) is 4.91. The van der Waals surface area contributed by atoms with E-state index in [1.807, 2.05) is 18.2 Å². The molecule has 0 radical (unpaired) electrons. The molecule has 6 nitrogen and oxygen atoms in total. The number of fused-ring (bicyclic) bond motifs is 1. The van der Waals surface area contributed by atoms with Crippen LogP contribution < -0.4 is 5.32 Å². The fraction of sp³-hybridized carbons (Fsp3) is 0.348. The van der Waals surface area contributed by atoms with Crippen molar-refractivity contribution in [3.63, 3.8) is 0 Å². The molecule has 156 valence electrons. The largest absolute Gasteiger partial charge is 0.465 e. The van der Waals surface area contributed by atoms with E-state index in [-0.39, 0.29) is 5.91 Å². The van der Waals surface area contributed by atoms with Crippen LogP contribution in [0.4, 0.5) is 5.69 Å². The predicted octanol–water partition coefficient (Wildman–Crippen LogP) is 4.71. The van der Waals surface area contributed by atoms with E-state index in [0.29, 0.717) is 22.2 Å². The van der Waals surface area contributed by atoms with Gasteiger partial charge in [0.2, 0.25) is 0 Å². The maximum atomic E-state index is 12.7. The molecule has 3 aromatic rings. The highest BCUT2D eigenvalue weighted by molar-refractivity contribution is 7.21. The summed E-state index contributed by atoms with van der Waals surface area (Å²) in [6.07, 6.45) is 3.71. The first kappa shape index (κ1) is 20.5. The van der Waals surface area contributed by atoms with E-state index in [2.05, 4.69) is 17.1 Å².